The fourth-order valence-electron chi connectivity index (χ4n) is 0.968. The zero-order valence-corrected chi connectivity index (χ0v) is 8.57. The third-order valence-corrected chi connectivity index (χ3v) is 1.48. The van der Waals surface area contributed by atoms with Crippen LogP contribution in [0.2, 0.25) is 0 Å². The predicted octanol–water partition coefficient (Wildman–Crippen LogP) is 1.54. The van der Waals surface area contributed by atoms with Gasteiger partial charge in [-0.3, -0.25) is 4.74 Å². The largest absolute Gasteiger partial charge is 0.522 e. The van der Waals surface area contributed by atoms with E-state index in [1.165, 1.54) is 7.11 Å². The molecule has 0 aromatic heterocycles. The molecule has 3 nitrogen and oxygen atoms in total. The summed E-state index contributed by atoms with van der Waals surface area (Å²) in [5.41, 5.74) is -0.344. The van der Waals surface area contributed by atoms with Gasteiger partial charge in [0.1, 0.15) is 0 Å². The molecule has 0 fully saturated rings. The Labute approximate surface area is 81.6 Å². The predicted molar refractivity (Wildman–Crippen MR) is 46.0 cm³/mol. The molecule has 0 bridgehead atoms. The first-order valence-corrected chi connectivity index (χ1v) is 4.21. The maximum Gasteiger partial charge on any atom is 0.522 e. The average Bonchev–Trinajstić information content (AvgIpc) is 1.96. The van der Waals surface area contributed by atoms with E-state index in [1.54, 1.807) is 0 Å². The standard InChI is InChI=1S/C8H16F3NO2/c1-7(2,6-13-3)12-4-5-14-8(9,10)11/h12H,4-6H2,1-3H3. The number of alkyl halides is 3. The van der Waals surface area contributed by atoms with Gasteiger partial charge in [0.05, 0.1) is 13.2 Å². The van der Waals surface area contributed by atoms with Crippen LogP contribution in [0.3, 0.4) is 0 Å². The highest BCUT2D eigenvalue weighted by Gasteiger charge is 2.28. The maximum atomic E-state index is 11.5. The lowest BCUT2D eigenvalue weighted by molar-refractivity contribution is -0.323. The SMILES string of the molecule is COCC(C)(C)NCCOC(F)(F)F. The molecule has 0 heterocycles. The summed E-state index contributed by atoms with van der Waals surface area (Å²) in [5.74, 6) is 0. The van der Waals surface area contributed by atoms with Gasteiger partial charge < -0.3 is 10.1 Å². The molecule has 0 aliphatic carbocycles. The zero-order chi connectivity index (χ0) is 11.2. The Kier molecular flexibility index (Phi) is 5.40. The Hall–Kier alpha value is -0.330. The van der Waals surface area contributed by atoms with Gasteiger partial charge in [0.2, 0.25) is 0 Å². The number of halogens is 3. The van der Waals surface area contributed by atoms with Gasteiger partial charge >= 0.3 is 6.36 Å². The molecule has 0 aliphatic rings. The minimum atomic E-state index is -4.55. The van der Waals surface area contributed by atoms with Gasteiger partial charge in [0, 0.05) is 19.2 Å². The van der Waals surface area contributed by atoms with Crippen LogP contribution in [-0.2, 0) is 9.47 Å². The molecule has 0 saturated carbocycles. The Morgan fingerprint density at radius 3 is 2.21 bits per heavy atom. The van der Waals surface area contributed by atoms with Gasteiger partial charge in [0.25, 0.3) is 0 Å². The van der Waals surface area contributed by atoms with Crippen LogP contribution >= 0.6 is 0 Å². The van der Waals surface area contributed by atoms with Crippen LogP contribution in [-0.4, -0.2) is 38.8 Å². The van der Waals surface area contributed by atoms with Gasteiger partial charge in [-0.15, -0.1) is 13.2 Å². The number of ether oxygens (including phenoxy) is 2. The van der Waals surface area contributed by atoms with Crippen molar-refractivity contribution < 1.29 is 22.6 Å². The number of rotatable bonds is 6. The Morgan fingerprint density at radius 2 is 1.79 bits per heavy atom. The van der Waals surface area contributed by atoms with Gasteiger partial charge in [-0.2, -0.15) is 0 Å². The molecule has 0 saturated heterocycles. The number of methoxy groups -OCH3 is 1. The molecular formula is C8H16F3NO2. The van der Waals surface area contributed by atoms with E-state index in [0.29, 0.717) is 6.61 Å². The normalized spacial score (nSPS) is 13.3. The van der Waals surface area contributed by atoms with E-state index in [2.05, 4.69) is 10.1 Å². The van der Waals surface area contributed by atoms with Crippen LogP contribution in [0.15, 0.2) is 0 Å². The molecule has 14 heavy (non-hydrogen) atoms. The summed E-state index contributed by atoms with van der Waals surface area (Å²) in [4.78, 5) is 0. The maximum absolute atomic E-state index is 11.5. The Balaban J connectivity index is 3.54. The fraction of sp³-hybridized carbons (Fsp3) is 1.00. The highest BCUT2D eigenvalue weighted by Crippen LogP contribution is 2.15. The number of nitrogens with one attached hydrogen (secondary N) is 1. The minimum absolute atomic E-state index is 0.135. The second kappa shape index (κ2) is 5.53. The van der Waals surface area contributed by atoms with Crippen molar-refractivity contribution in [3.05, 3.63) is 0 Å². The van der Waals surface area contributed by atoms with Gasteiger partial charge in [-0.05, 0) is 13.8 Å². The molecular weight excluding hydrogens is 199 g/mol. The number of hydrogen-bond donors (Lipinski definition) is 1. The topological polar surface area (TPSA) is 30.5 Å². The van der Waals surface area contributed by atoms with Gasteiger partial charge in [-0.25, -0.2) is 0 Å². The number of hydrogen-bond acceptors (Lipinski definition) is 3. The molecule has 86 valence electrons. The van der Waals surface area contributed by atoms with Crippen molar-refractivity contribution in [3.63, 3.8) is 0 Å². The lowest BCUT2D eigenvalue weighted by atomic mass is 10.1. The summed E-state index contributed by atoms with van der Waals surface area (Å²) in [7, 11) is 1.54. The first kappa shape index (κ1) is 13.7. The van der Waals surface area contributed by atoms with E-state index in [9.17, 15) is 13.2 Å². The van der Waals surface area contributed by atoms with Crippen molar-refractivity contribution in [2.75, 3.05) is 26.9 Å². The van der Waals surface area contributed by atoms with Gasteiger partial charge in [0.15, 0.2) is 0 Å². The van der Waals surface area contributed by atoms with Crippen LogP contribution in [0.4, 0.5) is 13.2 Å². The molecule has 1 N–H and O–H groups in total. The van der Waals surface area contributed by atoms with Crippen LogP contribution in [0.5, 0.6) is 0 Å². The van der Waals surface area contributed by atoms with Crippen molar-refractivity contribution in [2.45, 2.75) is 25.7 Å². The average molecular weight is 215 g/mol. The van der Waals surface area contributed by atoms with E-state index in [4.69, 9.17) is 4.74 Å². The summed E-state index contributed by atoms with van der Waals surface area (Å²) in [6.07, 6.45) is -4.55. The molecule has 0 rings (SSSR count). The Bertz CT molecular complexity index is 159. The van der Waals surface area contributed by atoms with Crippen molar-refractivity contribution in [2.24, 2.45) is 0 Å². The van der Waals surface area contributed by atoms with Crippen LogP contribution < -0.4 is 5.32 Å². The van der Waals surface area contributed by atoms with Gasteiger partial charge in [-0.1, -0.05) is 0 Å². The zero-order valence-electron chi connectivity index (χ0n) is 8.57. The van der Waals surface area contributed by atoms with E-state index in [1.807, 2.05) is 13.8 Å². The molecule has 0 spiro atoms. The highest BCUT2D eigenvalue weighted by atomic mass is 19.4. The first-order chi connectivity index (χ1) is 6.27. The van der Waals surface area contributed by atoms with Crippen molar-refractivity contribution in [3.8, 4) is 0 Å². The molecule has 6 heteroatoms. The van der Waals surface area contributed by atoms with E-state index in [-0.39, 0.29) is 12.1 Å². The summed E-state index contributed by atoms with van der Waals surface area (Å²) >= 11 is 0. The summed E-state index contributed by atoms with van der Waals surface area (Å²) in [5, 5.41) is 2.88. The van der Waals surface area contributed by atoms with Crippen LogP contribution in [0, 0.1) is 0 Å². The molecule has 0 aromatic carbocycles. The van der Waals surface area contributed by atoms with E-state index in [0.717, 1.165) is 0 Å². The van der Waals surface area contributed by atoms with Crippen molar-refractivity contribution in [1.29, 1.82) is 0 Å². The third-order valence-electron chi connectivity index (χ3n) is 1.48. The molecule has 0 unspecified atom stereocenters. The minimum Gasteiger partial charge on any atom is -0.383 e. The monoisotopic (exact) mass is 215 g/mol. The summed E-state index contributed by atoms with van der Waals surface area (Å²) < 4.78 is 43.1. The fourth-order valence-corrected chi connectivity index (χ4v) is 0.968. The Morgan fingerprint density at radius 1 is 1.21 bits per heavy atom. The summed E-state index contributed by atoms with van der Waals surface area (Å²) in [6.45, 7) is 3.85. The van der Waals surface area contributed by atoms with E-state index >= 15 is 0 Å². The van der Waals surface area contributed by atoms with Crippen LogP contribution in [0.1, 0.15) is 13.8 Å². The highest BCUT2D eigenvalue weighted by molar-refractivity contribution is 4.76. The summed E-state index contributed by atoms with van der Waals surface area (Å²) in [6, 6.07) is 0. The van der Waals surface area contributed by atoms with Crippen LogP contribution in [0.25, 0.3) is 0 Å². The lowest BCUT2D eigenvalue weighted by Gasteiger charge is -2.25. The molecule has 0 aliphatic heterocycles. The third kappa shape index (κ3) is 8.28. The first-order valence-electron chi connectivity index (χ1n) is 4.21. The molecule has 0 radical (unpaired) electrons. The lowest BCUT2D eigenvalue weighted by Crippen LogP contribution is -2.45. The van der Waals surface area contributed by atoms with Crippen molar-refractivity contribution >= 4 is 0 Å². The second-order valence-electron chi connectivity index (χ2n) is 3.54. The molecule has 0 atom stereocenters. The van der Waals surface area contributed by atoms with Crippen molar-refractivity contribution in [1.82, 2.24) is 5.32 Å². The molecule has 0 aromatic rings. The second-order valence-corrected chi connectivity index (χ2v) is 3.54. The van der Waals surface area contributed by atoms with E-state index < -0.39 is 13.0 Å². The molecule has 0 amide bonds. The smallest absolute Gasteiger partial charge is 0.383 e. The quantitative estimate of drug-likeness (QED) is 0.682.